The molecule has 2 aromatic rings. The van der Waals surface area contributed by atoms with Gasteiger partial charge in [-0.05, 0) is 38.7 Å². The molecule has 7 heteroatoms. The second-order valence-corrected chi connectivity index (χ2v) is 7.07. The van der Waals surface area contributed by atoms with Gasteiger partial charge in [-0.3, -0.25) is 4.79 Å². The molecule has 6 nitrogen and oxygen atoms in total. The second kappa shape index (κ2) is 8.57. The van der Waals surface area contributed by atoms with Crippen LogP contribution in [0.25, 0.3) is 11.3 Å². The number of amides is 1. The third-order valence-corrected chi connectivity index (χ3v) is 5.27. The van der Waals surface area contributed by atoms with Gasteiger partial charge in [0.1, 0.15) is 17.0 Å². The Morgan fingerprint density at radius 3 is 2.85 bits per heavy atom. The summed E-state index contributed by atoms with van der Waals surface area (Å²) in [7, 11) is 0. The number of carbonyl (C=O) groups is 2. The molecule has 0 radical (unpaired) electrons. The summed E-state index contributed by atoms with van der Waals surface area (Å²) in [6, 6.07) is 7.27. The van der Waals surface area contributed by atoms with Crippen molar-refractivity contribution in [1.82, 2.24) is 10.1 Å². The largest absolute Gasteiger partial charge is 0.452 e. The van der Waals surface area contributed by atoms with Gasteiger partial charge in [-0.2, -0.15) is 0 Å². The minimum atomic E-state index is -0.637. The summed E-state index contributed by atoms with van der Waals surface area (Å²) in [5.41, 5.74) is 1.10. The summed E-state index contributed by atoms with van der Waals surface area (Å²) >= 11 is 6.21. The monoisotopic (exact) mass is 390 g/mol. The number of likely N-dealkylation sites (tertiary alicyclic amines) is 1. The summed E-state index contributed by atoms with van der Waals surface area (Å²) in [4.78, 5) is 27.0. The SMILES string of the molecule is CC[C@H]1CCCCN1C(=O)COC(=O)c1c(-c2ccccc2Cl)noc1C. The lowest BCUT2D eigenvalue weighted by molar-refractivity contribution is -0.138. The van der Waals surface area contributed by atoms with Crippen LogP contribution in [0.4, 0.5) is 0 Å². The molecule has 1 saturated heterocycles. The number of aryl methyl sites for hydroxylation is 1. The number of ether oxygens (including phenoxy) is 1. The van der Waals surface area contributed by atoms with Crippen molar-refractivity contribution in [2.45, 2.75) is 45.6 Å². The first-order valence-electron chi connectivity index (χ1n) is 9.20. The summed E-state index contributed by atoms with van der Waals surface area (Å²) in [6.45, 7) is 4.12. The second-order valence-electron chi connectivity index (χ2n) is 6.66. The summed E-state index contributed by atoms with van der Waals surface area (Å²) in [5, 5.41) is 4.41. The van der Waals surface area contributed by atoms with E-state index in [2.05, 4.69) is 12.1 Å². The number of esters is 1. The summed E-state index contributed by atoms with van der Waals surface area (Å²) < 4.78 is 10.5. The highest BCUT2D eigenvalue weighted by Gasteiger charge is 2.28. The number of nitrogens with zero attached hydrogens (tertiary/aromatic N) is 2. The Bertz CT molecular complexity index is 833. The van der Waals surface area contributed by atoms with Crippen molar-refractivity contribution in [3.63, 3.8) is 0 Å². The lowest BCUT2D eigenvalue weighted by Gasteiger charge is -2.35. The number of carbonyl (C=O) groups excluding carboxylic acids is 2. The lowest BCUT2D eigenvalue weighted by Crippen LogP contribution is -2.45. The van der Waals surface area contributed by atoms with Gasteiger partial charge in [-0.25, -0.2) is 4.79 Å². The zero-order valence-corrected chi connectivity index (χ0v) is 16.3. The van der Waals surface area contributed by atoms with Crippen molar-refractivity contribution < 1.29 is 18.8 Å². The Kier molecular flexibility index (Phi) is 6.16. The molecule has 27 heavy (non-hydrogen) atoms. The third-order valence-electron chi connectivity index (χ3n) is 4.94. The molecule has 1 fully saturated rings. The van der Waals surface area contributed by atoms with Crippen LogP contribution >= 0.6 is 11.6 Å². The van der Waals surface area contributed by atoms with Crippen LogP contribution in [0.5, 0.6) is 0 Å². The van der Waals surface area contributed by atoms with E-state index in [1.807, 2.05) is 4.90 Å². The predicted octanol–water partition coefficient (Wildman–Crippen LogP) is 4.25. The van der Waals surface area contributed by atoms with E-state index in [4.69, 9.17) is 20.9 Å². The molecule has 0 bridgehead atoms. The molecule has 1 aromatic heterocycles. The van der Waals surface area contributed by atoms with E-state index in [-0.39, 0.29) is 24.1 Å². The average Bonchev–Trinajstić information content (AvgIpc) is 3.07. The molecular weight excluding hydrogens is 368 g/mol. The van der Waals surface area contributed by atoms with Crippen molar-refractivity contribution in [2.24, 2.45) is 0 Å². The quantitative estimate of drug-likeness (QED) is 0.713. The maximum atomic E-state index is 12.6. The van der Waals surface area contributed by atoms with E-state index in [0.717, 1.165) is 25.7 Å². The zero-order chi connectivity index (χ0) is 19.4. The predicted molar refractivity (Wildman–Crippen MR) is 102 cm³/mol. The van der Waals surface area contributed by atoms with Gasteiger partial charge in [-0.15, -0.1) is 0 Å². The summed E-state index contributed by atoms with van der Waals surface area (Å²) in [5.74, 6) is -0.475. The highest BCUT2D eigenvalue weighted by molar-refractivity contribution is 6.33. The highest BCUT2D eigenvalue weighted by atomic mass is 35.5. The van der Waals surface area contributed by atoms with Gasteiger partial charge in [0, 0.05) is 18.2 Å². The molecule has 1 amide bonds. The first kappa shape index (κ1) is 19.4. The first-order chi connectivity index (χ1) is 13.0. The number of hydrogen-bond acceptors (Lipinski definition) is 5. The van der Waals surface area contributed by atoms with E-state index in [1.54, 1.807) is 31.2 Å². The number of benzene rings is 1. The van der Waals surface area contributed by atoms with E-state index in [9.17, 15) is 9.59 Å². The van der Waals surface area contributed by atoms with Crippen LogP contribution in [-0.2, 0) is 9.53 Å². The minimum absolute atomic E-state index is 0.164. The van der Waals surface area contributed by atoms with Crippen molar-refractivity contribution in [2.75, 3.05) is 13.2 Å². The van der Waals surface area contributed by atoms with Gasteiger partial charge < -0.3 is 14.2 Å². The molecule has 2 heterocycles. The van der Waals surface area contributed by atoms with Gasteiger partial charge >= 0.3 is 5.97 Å². The molecule has 0 aliphatic carbocycles. The van der Waals surface area contributed by atoms with Gasteiger partial charge in [0.2, 0.25) is 0 Å². The fraction of sp³-hybridized carbons (Fsp3) is 0.450. The van der Waals surface area contributed by atoms with Gasteiger partial charge in [0.25, 0.3) is 5.91 Å². The standard InChI is InChI=1S/C20H23ClN2O4/c1-3-14-8-6-7-11-23(14)17(24)12-26-20(25)18-13(2)27-22-19(18)15-9-4-5-10-16(15)21/h4-5,9-10,14H,3,6-8,11-12H2,1-2H3/t14-/m0/s1. The first-order valence-corrected chi connectivity index (χ1v) is 9.58. The fourth-order valence-electron chi connectivity index (χ4n) is 3.49. The molecule has 144 valence electrons. The molecule has 0 N–H and O–H groups in total. The molecule has 1 aliphatic rings. The molecule has 1 aliphatic heterocycles. The number of aromatic nitrogens is 1. The smallest absolute Gasteiger partial charge is 0.344 e. The third kappa shape index (κ3) is 4.16. The van der Waals surface area contributed by atoms with E-state index < -0.39 is 5.97 Å². The van der Waals surface area contributed by atoms with Crippen molar-refractivity contribution >= 4 is 23.5 Å². The van der Waals surface area contributed by atoms with Crippen LogP contribution in [0.3, 0.4) is 0 Å². The van der Waals surface area contributed by atoms with Gasteiger partial charge in [-0.1, -0.05) is 41.9 Å². The minimum Gasteiger partial charge on any atom is -0.452 e. The maximum absolute atomic E-state index is 12.6. The Balaban J connectivity index is 1.73. The van der Waals surface area contributed by atoms with Crippen LogP contribution in [0.2, 0.25) is 5.02 Å². The molecule has 0 unspecified atom stereocenters. The molecular formula is C20H23ClN2O4. The Morgan fingerprint density at radius 1 is 1.33 bits per heavy atom. The molecule has 0 saturated carbocycles. The molecule has 3 rings (SSSR count). The van der Waals surface area contributed by atoms with E-state index in [0.29, 0.717) is 28.6 Å². The highest BCUT2D eigenvalue weighted by Crippen LogP contribution is 2.31. The van der Waals surface area contributed by atoms with Crippen LogP contribution < -0.4 is 0 Å². The van der Waals surface area contributed by atoms with Crippen molar-refractivity contribution in [3.8, 4) is 11.3 Å². The van der Waals surface area contributed by atoms with Crippen LogP contribution in [0.1, 0.15) is 48.7 Å². The van der Waals surface area contributed by atoms with Crippen LogP contribution in [0, 0.1) is 6.92 Å². The van der Waals surface area contributed by atoms with Crippen LogP contribution in [0.15, 0.2) is 28.8 Å². The zero-order valence-electron chi connectivity index (χ0n) is 15.5. The topological polar surface area (TPSA) is 72.6 Å². The average molecular weight is 391 g/mol. The van der Waals surface area contributed by atoms with Crippen LogP contribution in [-0.4, -0.2) is 41.1 Å². The summed E-state index contributed by atoms with van der Waals surface area (Å²) in [6.07, 6.45) is 4.01. The maximum Gasteiger partial charge on any atom is 0.344 e. The van der Waals surface area contributed by atoms with Gasteiger partial charge in [0.15, 0.2) is 6.61 Å². The fourth-order valence-corrected chi connectivity index (χ4v) is 3.71. The Hall–Kier alpha value is -2.34. The van der Waals surface area contributed by atoms with Gasteiger partial charge in [0.05, 0.1) is 5.02 Å². The van der Waals surface area contributed by atoms with E-state index >= 15 is 0 Å². The Labute approximate surface area is 163 Å². The van der Waals surface area contributed by atoms with Crippen molar-refractivity contribution in [3.05, 3.63) is 40.6 Å². The number of halogens is 1. The normalized spacial score (nSPS) is 17.0. The lowest BCUT2D eigenvalue weighted by atomic mass is 10.00. The Morgan fingerprint density at radius 2 is 2.11 bits per heavy atom. The number of hydrogen-bond donors (Lipinski definition) is 0. The van der Waals surface area contributed by atoms with E-state index in [1.165, 1.54) is 0 Å². The van der Waals surface area contributed by atoms with Crippen molar-refractivity contribution in [1.29, 1.82) is 0 Å². The molecule has 1 aromatic carbocycles. The molecule has 0 spiro atoms. The number of piperidine rings is 1. The molecule has 1 atom stereocenters. The number of rotatable bonds is 5.